The molecule has 35 heavy (non-hydrogen) atoms. The van der Waals surface area contributed by atoms with Gasteiger partial charge in [-0.05, 0) is 65.7 Å². The summed E-state index contributed by atoms with van der Waals surface area (Å²) in [6.45, 7) is 4.70. The van der Waals surface area contributed by atoms with E-state index in [0.717, 1.165) is 17.4 Å². The Morgan fingerprint density at radius 1 is 0.971 bits per heavy atom. The SMILES string of the molecule is Cc1ccccc1C1c2ccsc2CCN1CC(=O)N1CCN(S(=O)(=O)c2ccc(Br)cc2)CC1. The molecule has 0 spiro atoms. The third-order valence-corrected chi connectivity index (χ3v) is 10.4. The van der Waals surface area contributed by atoms with Crippen LogP contribution in [0.15, 0.2) is 69.3 Å². The third kappa shape index (κ3) is 4.97. The highest BCUT2D eigenvalue weighted by Crippen LogP contribution is 2.38. The van der Waals surface area contributed by atoms with Crippen molar-refractivity contribution in [2.45, 2.75) is 24.3 Å². The first-order valence-corrected chi connectivity index (χ1v) is 14.9. The van der Waals surface area contributed by atoms with Crippen LogP contribution in [0.25, 0.3) is 0 Å². The number of fused-ring (bicyclic) bond motifs is 1. The number of piperazine rings is 1. The highest BCUT2D eigenvalue weighted by molar-refractivity contribution is 9.10. The molecule has 0 saturated carbocycles. The Kier molecular flexibility index (Phi) is 7.14. The molecule has 0 N–H and O–H groups in total. The Morgan fingerprint density at radius 3 is 2.40 bits per heavy atom. The number of nitrogens with zero attached hydrogens (tertiary/aromatic N) is 3. The maximum Gasteiger partial charge on any atom is 0.243 e. The lowest BCUT2D eigenvalue weighted by Crippen LogP contribution is -2.53. The smallest absolute Gasteiger partial charge is 0.243 e. The van der Waals surface area contributed by atoms with E-state index < -0.39 is 10.0 Å². The molecule has 3 aromatic rings. The molecule has 184 valence electrons. The van der Waals surface area contributed by atoms with Crippen molar-refractivity contribution in [2.75, 3.05) is 39.3 Å². The first-order chi connectivity index (χ1) is 16.8. The molecule has 1 fully saturated rings. The molecule has 2 aliphatic heterocycles. The van der Waals surface area contributed by atoms with Gasteiger partial charge in [-0.3, -0.25) is 9.69 Å². The number of halogens is 1. The van der Waals surface area contributed by atoms with Crippen molar-refractivity contribution in [3.63, 3.8) is 0 Å². The predicted molar refractivity (Wildman–Crippen MR) is 142 cm³/mol. The van der Waals surface area contributed by atoms with E-state index in [4.69, 9.17) is 0 Å². The number of sulfonamides is 1. The molecule has 5 rings (SSSR count). The summed E-state index contributed by atoms with van der Waals surface area (Å²) in [5, 5.41) is 2.15. The number of thiophene rings is 1. The number of amides is 1. The molecule has 2 aromatic carbocycles. The minimum Gasteiger partial charge on any atom is -0.339 e. The first kappa shape index (κ1) is 24.6. The van der Waals surface area contributed by atoms with Crippen LogP contribution >= 0.6 is 27.3 Å². The maximum absolute atomic E-state index is 13.4. The van der Waals surface area contributed by atoms with E-state index in [-0.39, 0.29) is 16.8 Å². The van der Waals surface area contributed by atoms with Gasteiger partial charge >= 0.3 is 0 Å². The van der Waals surface area contributed by atoms with Gasteiger partial charge in [-0.2, -0.15) is 4.31 Å². The zero-order chi connectivity index (χ0) is 24.6. The van der Waals surface area contributed by atoms with Gasteiger partial charge in [0.2, 0.25) is 15.9 Å². The zero-order valence-electron chi connectivity index (χ0n) is 19.6. The summed E-state index contributed by atoms with van der Waals surface area (Å²) < 4.78 is 28.3. The van der Waals surface area contributed by atoms with Crippen LogP contribution in [0.3, 0.4) is 0 Å². The lowest BCUT2D eigenvalue weighted by atomic mass is 9.90. The van der Waals surface area contributed by atoms with Crippen LogP contribution in [0.5, 0.6) is 0 Å². The molecular weight excluding hydrogens is 546 g/mol. The average Bonchev–Trinajstić information content (AvgIpc) is 3.34. The van der Waals surface area contributed by atoms with E-state index >= 15 is 0 Å². The van der Waals surface area contributed by atoms with E-state index in [1.807, 2.05) is 11.0 Å². The van der Waals surface area contributed by atoms with Crippen molar-refractivity contribution in [1.29, 1.82) is 0 Å². The number of hydrogen-bond acceptors (Lipinski definition) is 5. The molecule has 1 amide bonds. The Bertz CT molecular complexity index is 1320. The van der Waals surface area contributed by atoms with Crippen LogP contribution in [-0.2, 0) is 21.2 Å². The van der Waals surface area contributed by atoms with Crippen molar-refractivity contribution in [3.8, 4) is 0 Å². The molecule has 0 radical (unpaired) electrons. The fourth-order valence-electron chi connectivity index (χ4n) is 5.00. The van der Waals surface area contributed by atoms with Crippen molar-refractivity contribution in [2.24, 2.45) is 0 Å². The first-order valence-electron chi connectivity index (χ1n) is 11.7. The molecular formula is C26H28BrN3O3S2. The Balaban J connectivity index is 1.28. The second kappa shape index (κ2) is 10.1. The monoisotopic (exact) mass is 573 g/mol. The molecule has 9 heteroatoms. The van der Waals surface area contributed by atoms with Crippen LogP contribution < -0.4 is 0 Å². The van der Waals surface area contributed by atoms with Gasteiger partial charge in [-0.1, -0.05) is 40.2 Å². The second-order valence-electron chi connectivity index (χ2n) is 9.02. The molecule has 1 saturated heterocycles. The van der Waals surface area contributed by atoms with Gasteiger partial charge in [0.15, 0.2) is 0 Å². The van der Waals surface area contributed by atoms with Gasteiger partial charge in [0.1, 0.15) is 0 Å². The Morgan fingerprint density at radius 2 is 1.69 bits per heavy atom. The molecule has 3 heterocycles. The minimum atomic E-state index is -3.57. The lowest BCUT2D eigenvalue weighted by molar-refractivity contribution is -0.134. The van der Waals surface area contributed by atoms with Gasteiger partial charge in [0.05, 0.1) is 17.5 Å². The minimum absolute atomic E-state index is 0.0583. The number of rotatable bonds is 5. The Labute approximate surface area is 219 Å². The Hall–Kier alpha value is -2.04. The standard InChI is InChI=1S/C26H28BrN3O3S2/c1-19-4-2-3-5-22(19)26-23-11-17-34-24(23)10-12-29(26)18-25(31)28-13-15-30(16-14-28)35(32,33)21-8-6-20(27)7-9-21/h2-9,11,17,26H,10,12-16,18H2,1H3. The normalized spacial score (nSPS) is 19.5. The number of aryl methyl sites for hydroxylation is 1. The summed E-state index contributed by atoms with van der Waals surface area (Å²) in [5.74, 6) is 0.0583. The second-order valence-corrected chi connectivity index (χ2v) is 12.9. The molecule has 0 aliphatic carbocycles. The van der Waals surface area contributed by atoms with Crippen LogP contribution in [0.1, 0.15) is 27.6 Å². The third-order valence-electron chi connectivity index (χ3n) is 6.93. The molecule has 1 unspecified atom stereocenters. The average molecular weight is 575 g/mol. The summed E-state index contributed by atoms with van der Waals surface area (Å²) in [6.07, 6.45) is 0.946. The van der Waals surface area contributed by atoms with E-state index in [1.165, 1.54) is 25.9 Å². The fourth-order valence-corrected chi connectivity index (χ4v) is 7.59. The van der Waals surface area contributed by atoms with Crippen LogP contribution in [0, 0.1) is 6.92 Å². The zero-order valence-corrected chi connectivity index (χ0v) is 22.8. The predicted octanol–water partition coefficient (Wildman–Crippen LogP) is 4.30. The summed E-state index contributed by atoms with van der Waals surface area (Å²) in [5.41, 5.74) is 3.76. The summed E-state index contributed by atoms with van der Waals surface area (Å²) >= 11 is 5.14. The summed E-state index contributed by atoms with van der Waals surface area (Å²) in [7, 11) is -3.57. The van der Waals surface area contributed by atoms with E-state index in [0.29, 0.717) is 32.7 Å². The van der Waals surface area contributed by atoms with Crippen molar-refractivity contribution in [3.05, 3.63) is 86.0 Å². The number of carbonyl (C=O) groups is 1. The highest BCUT2D eigenvalue weighted by atomic mass is 79.9. The highest BCUT2D eigenvalue weighted by Gasteiger charge is 2.34. The van der Waals surface area contributed by atoms with Crippen LogP contribution in [0.2, 0.25) is 0 Å². The topological polar surface area (TPSA) is 60.9 Å². The van der Waals surface area contributed by atoms with Gasteiger partial charge < -0.3 is 4.90 Å². The number of carbonyl (C=O) groups excluding carboxylic acids is 1. The largest absolute Gasteiger partial charge is 0.339 e. The van der Waals surface area contributed by atoms with E-state index in [1.54, 1.807) is 35.6 Å². The quantitative estimate of drug-likeness (QED) is 0.456. The van der Waals surface area contributed by atoms with Crippen LogP contribution in [-0.4, -0.2) is 67.7 Å². The number of benzene rings is 2. The maximum atomic E-state index is 13.4. The van der Waals surface area contributed by atoms with E-state index in [2.05, 4.69) is 57.4 Å². The fraction of sp³-hybridized carbons (Fsp3) is 0.346. The van der Waals surface area contributed by atoms with Gasteiger partial charge in [-0.25, -0.2) is 8.42 Å². The van der Waals surface area contributed by atoms with Crippen molar-refractivity contribution in [1.82, 2.24) is 14.1 Å². The van der Waals surface area contributed by atoms with Gasteiger partial charge in [-0.15, -0.1) is 11.3 Å². The molecule has 2 aliphatic rings. The molecule has 1 aromatic heterocycles. The van der Waals surface area contributed by atoms with Crippen molar-refractivity contribution < 1.29 is 13.2 Å². The number of hydrogen-bond donors (Lipinski definition) is 0. The molecule has 0 bridgehead atoms. The molecule has 1 atom stereocenters. The summed E-state index contributed by atoms with van der Waals surface area (Å²) in [4.78, 5) is 19.1. The summed E-state index contributed by atoms with van der Waals surface area (Å²) in [6, 6.07) is 17.3. The van der Waals surface area contributed by atoms with Gasteiger partial charge in [0, 0.05) is 42.1 Å². The lowest BCUT2D eigenvalue weighted by Gasteiger charge is -2.39. The molecule has 6 nitrogen and oxygen atoms in total. The van der Waals surface area contributed by atoms with Gasteiger partial charge in [0.25, 0.3) is 0 Å². The van der Waals surface area contributed by atoms with Crippen LogP contribution in [0.4, 0.5) is 0 Å². The van der Waals surface area contributed by atoms with Crippen molar-refractivity contribution >= 4 is 43.2 Å². The van der Waals surface area contributed by atoms with E-state index in [9.17, 15) is 13.2 Å².